The van der Waals surface area contributed by atoms with Crippen molar-refractivity contribution in [2.24, 2.45) is 11.8 Å². The Balaban J connectivity index is 1.63. The molecule has 4 rings (SSSR count). The molecule has 0 aliphatic carbocycles. The second-order valence-electron chi connectivity index (χ2n) is 10.0. The first-order chi connectivity index (χ1) is 15.2. The van der Waals surface area contributed by atoms with Crippen LogP contribution >= 0.6 is 0 Å². The first kappa shape index (κ1) is 22.5. The summed E-state index contributed by atoms with van der Waals surface area (Å²) in [6, 6.07) is 6.41. The van der Waals surface area contributed by atoms with Gasteiger partial charge in [-0.2, -0.15) is 5.10 Å². The molecule has 0 radical (unpaired) electrons. The van der Waals surface area contributed by atoms with Gasteiger partial charge in [-0.3, -0.25) is 4.79 Å². The number of carbonyl (C=O) groups excluding carboxylic acids is 1. The SMILES string of the molecule is Cc1ccc(-n2nc(C)c3c(C)c(CCC(=O)N4CC(C)CC(C)C4)c(C)nc32)cc1C. The molecule has 32 heavy (non-hydrogen) atoms. The topological polar surface area (TPSA) is 51.0 Å². The Morgan fingerprint density at radius 1 is 1.00 bits per heavy atom. The van der Waals surface area contributed by atoms with Crippen LogP contribution in [0.1, 0.15) is 60.3 Å². The summed E-state index contributed by atoms with van der Waals surface area (Å²) in [4.78, 5) is 20.0. The Morgan fingerprint density at radius 3 is 2.34 bits per heavy atom. The molecule has 5 heteroatoms. The minimum absolute atomic E-state index is 0.268. The van der Waals surface area contributed by atoms with Crippen LogP contribution in [-0.2, 0) is 11.2 Å². The molecule has 0 spiro atoms. The molecule has 2 unspecified atom stereocenters. The van der Waals surface area contributed by atoms with E-state index in [1.807, 2.05) is 4.68 Å². The molecule has 1 aromatic carbocycles. The van der Waals surface area contributed by atoms with Gasteiger partial charge in [0.1, 0.15) is 0 Å². The number of rotatable bonds is 4. The van der Waals surface area contributed by atoms with Gasteiger partial charge in [-0.1, -0.05) is 19.9 Å². The number of likely N-dealkylation sites (tertiary alicyclic amines) is 1. The Labute approximate surface area is 191 Å². The van der Waals surface area contributed by atoms with E-state index >= 15 is 0 Å². The lowest BCUT2D eigenvalue weighted by molar-refractivity contribution is -0.133. The maximum absolute atomic E-state index is 13.0. The number of benzene rings is 1. The first-order valence-electron chi connectivity index (χ1n) is 11.9. The summed E-state index contributed by atoms with van der Waals surface area (Å²) < 4.78 is 1.96. The van der Waals surface area contributed by atoms with Crippen LogP contribution in [0.2, 0.25) is 0 Å². The van der Waals surface area contributed by atoms with Crippen molar-refractivity contribution in [3.8, 4) is 5.69 Å². The Bertz CT molecular complexity index is 1170. The molecule has 170 valence electrons. The van der Waals surface area contributed by atoms with Gasteiger partial charge in [0.2, 0.25) is 5.91 Å². The summed E-state index contributed by atoms with van der Waals surface area (Å²) >= 11 is 0. The van der Waals surface area contributed by atoms with Crippen molar-refractivity contribution in [1.29, 1.82) is 0 Å². The molecular weight excluding hydrogens is 396 g/mol. The van der Waals surface area contributed by atoms with Gasteiger partial charge in [0.25, 0.3) is 0 Å². The van der Waals surface area contributed by atoms with Crippen molar-refractivity contribution in [3.63, 3.8) is 0 Å². The zero-order valence-corrected chi connectivity index (χ0v) is 20.6. The molecule has 1 aliphatic heterocycles. The number of hydrogen-bond donors (Lipinski definition) is 0. The predicted octanol–water partition coefficient (Wildman–Crippen LogP) is 5.40. The molecule has 3 heterocycles. The summed E-state index contributed by atoms with van der Waals surface area (Å²) in [5, 5.41) is 5.95. The van der Waals surface area contributed by atoms with Crippen molar-refractivity contribution in [3.05, 3.63) is 51.8 Å². The lowest BCUT2D eigenvalue weighted by Crippen LogP contribution is -2.42. The van der Waals surface area contributed by atoms with Crippen LogP contribution in [0.15, 0.2) is 18.2 Å². The molecule has 3 aromatic rings. The van der Waals surface area contributed by atoms with Gasteiger partial charge >= 0.3 is 0 Å². The molecule has 1 saturated heterocycles. The van der Waals surface area contributed by atoms with Crippen LogP contribution in [0.3, 0.4) is 0 Å². The highest BCUT2D eigenvalue weighted by molar-refractivity contribution is 5.85. The van der Waals surface area contributed by atoms with Crippen molar-refractivity contribution in [1.82, 2.24) is 19.7 Å². The third-order valence-electron chi connectivity index (χ3n) is 7.12. The smallest absolute Gasteiger partial charge is 0.222 e. The van der Waals surface area contributed by atoms with Gasteiger partial charge in [0.15, 0.2) is 5.65 Å². The van der Waals surface area contributed by atoms with Crippen LogP contribution in [0.4, 0.5) is 0 Å². The largest absolute Gasteiger partial charge is 0.342 e. The van der Waals surface area contributed by atoms with E-state index < -0.39 is 0 Å². The molecule has 5 nitrogen and oxygen atoms in total. The van der Waals surface area contributed by atoms with Crippen molar-refractivity contribution >= 4 is 16.9 Å². The van der Waals surface area contributed by atoms with Crippen molar-refractivity contribution in [2.75, 3.05) is 13.1 Å². The second kappa shape index (κ2) is 8.68. The van der Waals surface area contributed by atoms with Crippen LogP contribution < -0.4 is 0 Å². The minimum atomic E-state index is 0.268. The van der Waals surface area contributed by atoms with Crippen molar-refractivity contribution < 1.29 is 4.79 Å². The zero-order chi connectivity index (χ0) is 23.2. The van der Waals surface area contributed by atoms with E-state index in [9.17, 15) is 4.79 Å². The third-order valence-corrected chi connectivity index (χ3v) is 7.12. The number of aromatic nitrogens is 3. The van der Waals surface area contributed by atoms with E-state index in [1.165, 1.54) is 28.7 Å². The van der Waals surface area contributed by atoms with E-state index in [1.54, 1.807) is 0 Å². The Hall–Kier alpha value is -2.69. The van der Waals surface area contributed by atoms with E-state index in [0.29, 0.717) is 18.3 Å². The van der Waals surface area contributed by atoms with E-state index in [-0.39, 0.29) is 5.91 Å². The summed E-state index contributed by atoms with van der Waals surface area (Å²) in [5.41, 5.74) is 8.81. The zero-order valence-electron chi connectivity index (χ0n) is 20.6. The highest BCUT2D eigenvalue weighted by Gasteiger charge is 2.26. The Morgan fingerprint density at radius 2 is 1.69 bits per heavy atom. The number of aryl methyl sites for hydroxylation is 5. The second-order valence-corrected chi connectivity index (χ2v) is 10.0. The van der Waals surface area contributed by atoms with Crippen LogP contribution in [-0.4, -0.2) is 38.7 Å². The van der Waals surface area contributed by atoms with Crippen LogP contribution in [0, 0.1) is 46.5 Å². The van der Waals surface area contributed by atoms with Crippen molar-refractivity contribution in [2.45, 2.75) is 67.7 Å². The van der Waals surface area contributed by atoms with E-state index in [0.717, 1.165) is 47.6 Å². The molecule has 2 aromatic heterocycles. The Kier molecular flexibility index (Phi) is 6.11. The fourth-order valence-electron chi connectivity index (χ4n) is 5.37. The molecule has 0 N–H and O–H groups in total. The fourth-order valence-corrected chi connectivity index (χ4v) is 5.37. The number of fused-ring (bicyclic) bond motifs is 1. The van der Waals surface area contributed by atoms with Crippen LogP contribution in [0.25, 0.3) is 16.7 Å². The first-order valence-corrected chi connectivity index (χ1v) is 11.9. The van der Waals surface area contributed by atoms with Crippen LogP contribution in [0.5, 0.6) is 0 Å². The highest BCUT2D eigenvalue weighted by Crippen LogP contribution is 2.29. The fraction of sp³-hybridized carbons (Fsp3) is 0.519. The lowest BCUT2D eigenvalue weighted by atomic mass is 9.91. The quantitative estimate of drug-likeness (QED) is 0.555. The standard InChI is InChI=1S/C27H36N4O/c1-16-12-17(2)15-30(14-16)25(32)11-10-24-20(5)26-22(7)29-31(27(26)28-21(24)6)23-9-8-18(3)19(4)13-23/h8-9,13,16-17H,10-12,14-15H2,1-7H3. The highest BCUT2D eigenvalue weighted by atomic mass is 16.2. The lowest BCUT2D eigenvalue weighted by Gasteiger charge is -2.35. The monoisotopic (exact) mass is 432 g/mol. The van der Waals surface area contributed by atoms with E-state index in [4.69, 9.17) is 10.1 Å². The molecule has 0 saturated carbocycles. The minimum Gasteiger partial charge on any atom is -0.342 e. The van der Waals surface area contributed by atoms with Gasteiger partial charge < -0.3 is 4.90 Å². The molecule has 0 bridgehead atoms. The molecule has 1 aliphatic rings. The summed E-state index contributed by atoms with van der Waals surface area (Å²) in [6.45, 7) is 16.8. The summed E-state index contributed by atoms with van der Waals surface area (Å²) in [5.74, 6) is 1.44. The molecule has 1 fully saturated rings. The maximum Gasteiger partial charge on any atom is 0.222 e. The van der Waals surface area contributed by atoms with Gasteiger partial charge in [-0.05, 0) is 93.7 Å². The average molecular weight is 433 g/mol. The predicted molar refractivity (Wildman–Crippen MR) is 130 cm³/mol. The normalized spacial score (nSPS) is 19.0. The number of hydrogen-bond acceptors (Lipinski definition) is 3. The molecule has 2 atom stereocenters. The van der Waals surface area contributed by atoms with Gasteiger partial charge in [0.05, 0.1) is 11.4 Å². The maximum atomic E-state index is 13.0. The molecule has 1 amide bonds. The third kappa shape index (κ3) is 4.17. The van der Waals surface area contributed by atoms with Gasteiger partial charge in [-0.25, -0.2) is 9.67 Å². The van der Waals surface area contributed by atoms with Gasteiger partial charge in [0, 0.05) is 30.6 Å². The van der Waals surface area contributed by atoms with E-state index in [2.05, 4.69) is 71.6 Å². The summed E-state index contributed by atoms with van der Waals surface area (Å²) in [6.07, 6.45) is 2.48. The van der Waals surface area contributed by atoms with Gasteiger partial charge in [-0.15, -0.1) is 0 Å². The number of pyridine rings is 1. The molecular formula is C27H36N4O. The summed E-state index contributed by atoms with van der Waals surface area (Å²) in [7, 11) is 0. The number of amides is 1. The number of nitrogens with zero attached hydrogens (tertiary/aromatic N) is 4. The number of piperidine rings is 1. The average Bonchev–Trinajstić information content (AvgIpc) is 3.05. The number of carbonyl (C=O) groups is 1.